The van der Waals surface area contributed by atoms with Crippen LogP contribution >= 0.6 is 0 Å². The Balaban J connectivity index is 2.73. The minimum absolute atomic E-state index is 0.0949. The van der Waals surface area contributed by atoms with Gasteiger partial charge in [-0.05, 0) is 11.5 Å². The van der Waals surface area contributed by atoms with Gasteiger partial charge in [-0.25, -0.2) is 14.8 Å². The van der Waals surface area contributed by atoms with Gasteiger partial charge in [0.15, 0.2) is 0 Å². The Morgan fingerprint density at radius 1 is 1.04 bits per heavy atom. The van der Waals surface area contributed by atoms with Crippen molar-refractivity contribution in [1.29, 1.82) is 0 Å². The molecule has 0 amide bonds. The van der Waals surface area contributed by atoms with Crippen molar-refractivity contribution in [3.8, 4) is 6.01 Å². The first-order valence-corrected chi connectivity index (χ1v) is 7.65. The molecule has 0 saturated carbocycles. The summed E-state index contributed by atoms with van der Waals surface area (Å²) in [6.07, 6.45) is 1.47. The third-order valence-corrected chi connectivity index (χ3v) is 3.09. The van der Waals surface area contributed by atoms with E-state index in [2.05, 4.69) is 19.4 Å². The van der Waals surface area contributed by atoms with Crippen molar-refractivity contribution in [2.45, 2.75) is 32.6 Å². The van der Waals surface area contributed by atoms with E-state index in [-0.39, 0.29) is 31.4 Å². The molecule has 0 bridgehead atoms. The average Bonchev–Trinajstić information content (AvgIpc) is 2.59. The van der Waals surface area contributed by atoms with Crippen LogP contribution in [0, 0.1) is 5.92 Å². The lowest BCUT2D eigenvalue weighted by Crippen LogP contribution is -2.19. The molecule has 1 aromatic rings. The summed E-state index contributed by atoms with van der Waals surface area (Å²) in [4.78, 5) is 42.8. The van der Waals surface area contributed by atoms with E-state index < -0.39 is 24.0 Å². The summed E-state index contributed by atoms with van der Waals surface area (Å²) in [5, 5.41) is 0. The van der Waals surface area contributed by atoms with Crippen LogP contribution in [-0.2, 0) is 23.8 Å². The molecular formula is C16H22N2O7. The number of carbonyl (C=O) groups is 3. The maximum absolute atomic E-state index is 11.9. The van der Waals surface area contributed by atoms with Crippen LogP contribution in [0.5, 0.6) is 6.01 Å². The fourth-order valence-electron chi connectivity index (χ4n) is 1.83. The van der Waals surface area contributed by atoms with E-state index in [9.17, 15) is 14.4 Å². The lowest BCUT2D eigenvalue weighted by molar-refractivity contribution is -0.142. The summed E-state index contributed by atoms with van der Waals surface area (Å²) < 4.78 is 18.9. The molecule has 0 fully saturated rings. The maximum Gasteiger partial charge on any atom is 0.516 e. The minimum Gasteiger partial charge on any atom is -0.469 e. The van der Waals surface area contributed by atoms with Crippen LogP contribution in [0.15, 0.2) is 12.4 Å². The smallest absolute Gasteiger partial charge is 0.469 e. The molecule has 138 valence electrons. The van der Waals surface area contributed by atoms with E-state index in [1.807, 2.05) is 13.8 Å². The highest BCUT2D eigenvalue weighted by molar-refractivity contribution is 5.83. The summed E-state index contributed by atoms with van der Waals surface area (Å²) in [7, 11) is 2.66. The van der Waals surface area contributed by atoms with Crippen LogP contribution in [0.4, 0.5) is 4.79 Å². The highest BCUT2D eigenvalue weighted by atomic mass is 16.7. The zero-order valence-electron chi connectivity index (χ0n) is 14.7. The fraction of sp³-hybridized carbons (Fsp3) is 0.562. The number of nitrogens with zero attached hydrogens (tertiary/aromatic N) is 2. The summed E-state index contributed by atoms with van der Waals surface area (Å²) in [6.45, 7) is 3.85. The molecule has 1 aromatic heterocycles. The molecule has 25 heavy (non-hydrogen) atoms. The predicted molar refractivity (Wildman–Crippen MR) is 84.9 cm³/mol. The van der Waals surface area contributed by atoms with Gasteiger partial charge in [-0.1, -0.05) is 13.8 Å². The molecule has 0 N–H and O–H groups in total. The molecule has 9 heteroatoms. The molecule has 9 nitrogen and oxygen atoms in total. The van der Waals surface area contributed by atoms with Gasteiger partial charge in [0.1, 0.15) is 0 Å². The van der Waals surface area contributed by atoms with Gasteiger partial charge in [-0.15, -0.1) is 0 Å². The second kappa shape index (κ2) is 10.2. The molecule has 0 radical (unpaired) electrons. The van der Waals surface area contributed by atoms with Crippen molar-refractivity contribution < 1.29 is 33.3 Å². The molecule has 0 spiro atoms. The number of aromatic nitrogens is 2. The van der Waals surface area contributed by atoms with Gasteiger partial charge in [0, 0.05) is 18.3 Å². The van der Waals surface area contributed by atoms with Crippen LogP contribution in [-0.4, -0.2) is 48.9 Å². The lowest BCUT2D eigenvalue weighted by Gasteiger charge is -2.15. The lowest BCUT2D eigenvalue weighted by atomic mass is 9.95. The first kappa shape index (κ1) is 20.3. The van der Waals surface area contributed by atoms with E-state index in [1.54, 1.807) is 0 Å². The topological polar surface area (TPSA) is 114 Å². The van der Waals surface area contributed by atoms with Crippen LogP contribution in [0.3, 0.4) is 0 Å². The fourth-order valence-corrected chi connectivity index (χ4v) is 1.83. The van der Waals surface area contributed by atoms with E-state index >= 15 is 0 Å². The van der Waals surface area contributed by atoms with Crippen molar-refractivity contribution in [1.82, 2.24) is 9.97 Å². The zero-order chi connectivity index (χ0) is 18.8. The molecule has 1 rings (SSSR count). The van der Waals surface area contributed by atoms with E-state index in [4.69, 9.17) is 9.47 Å². The predicted octanol–water partition coefficient (Wildman–Crippen LogP) is 1.86. The molecule has 0 saturated heterocycles. The first-order valence-electron chi connectivity index (χ1n) is 7.65. The second-order valence-electron chi connectivity index (χ2n) is 5.61. The minimum atomic E-state index is -1.07. The van der Waals surface area contributed by atoms with Crippen molar-refractivity contribution in [3.05, 3.63) is 18.0 Å². The number of carbonyl (C=O) groups excluding carboxylic acids is 3. The largest absolute Gasteiger partial charge is 0.516 e. The summed E-state index contributed by atoms with van der Waals surface area (Å²) in [5.74, 6) is -1.83. The first-order chi connectivity index (χ1) is 11.8. The van der Waals surface area contributed by atoms with Crippen LogP contribution in [0.25, 0.3) is 0 Å². The Hall–Kier alpha value is -2.71. The Bertz CT molecular complexity index is 587. The monoisotopic (exact) mass is 354 g/mol. The van der Waals surface area contributed by atoms with Gasteiger partial charge < -0.3 is 18.9 Å². The number of esters is 2. The average molecular weight is 354 g/mol. The van der Waals surface area contributed by atoms with Crippen molar-refractivity contribution in [2.24, 2.45) is 5.92 Å². The van der Waals surface area contributed by atoms with Gasteiger partial charge in [0.2, 0.25) is 0 Å². The third kappa shape index (κ3) is 7.60. The number of methoxy groups -OCH3 is 2. The number of rotatable bonds is 8. The van der Waals surface area contributed by atoms with Crippen molar-refractivity contribution >= 4 is 18.1 Å². The van der Waals surface area contributed by atoms with Crippen LogP contribution in [0.1, 0.15) is 38.2 Å². The van der Waals surface area contributed by atoms with E-state index in [0.717, 1.165) is 0 Å². The Labute approximate surface area is 145 Å². The third-order valence-electron chi connectivity index (χ3n) is 3.09. The summed E-state index contributed by atoms with van der Waals surface area (Å²) in [5.41, 5.74) is 0.513. The number of hydrogen-bond donors (Lipinski definition) is 0. The molecular weight excluding hydrogens is 332 g/mol. The molecule has 0 aliphatic heterocycles. The molecule has 1 atom stereocenters. The van der Waals surface area contributed by atoms with E-state index in [1.165, 1.54) is 26.6 Å². The Kier molecular flexibility index (Phi) is 8.31. The standard InChI is InChI=1S/C16H22N2O7/c1-10(2)9-24-16(21)25-14(20)6-11(5-13(19)22-3)12-7-17-15(23-4)18-8-12/h7-8,10-11H,5-6,9H2,1-4H3/t11-/m1/s1. The van der Waals surface area contributed by atoms with E-state index in [0.29, 0.717) is 5.56 Å². The van der Waals surface area contributed by atoms with Crippen molar-refractivity contribution in [3.63, 3.8) is 0 Å². The second-order valence-corrected chi connectivity index (χ2v) is 5.61. The molecule has 0 unspecified atom stereocenters. The van der Waals surface area contributed by atoms with Crippen molar-refractivity contribution in [2.75, 3.05) is 20.8 Å². The van der Waals surface area contributed by atoms with Crippen LogP contribution in [0.2, 0.25) is 0 Å². The molecule has 0 aliphatic rings. The summed E-state index contributed by atoms with van der Waals surface area (Å²) >= 11 is 0. The highest BCUT2D eigenvalue weighted by Gasteiger charge is 2.24. The van der Waals surface area contributed by atoms with Gasteiger partial charge in [-0.3, -0.25) is 9.59 Å². The van der Waals surface area contributed by atoms with Gasteiger partial charge in [-0.2, -0.15) is 0 Å². The molecule has 1 heterocycles. The maximum atomic E-state index is 11.9. The molecule has 0 aliphatic carbocycles. The quantitative estimate of drug-likeness (QED) is 0.509. The zero-order valence-corrected chi connectivity index (χ0v) is 14.7. The Morgan fingerprint density at radius 2 is 1.64 bits per heavy atom. The SMILES string of the molecule is COC(=O)C[C@H](CC(=O)OC(=O)OCC(C)C)c1cnc(OC)nc1. The van der Waals surface area contributed by atoms with Gasteiger partial charge in [0.25, 0.3) is 0 Å². The van der Waals surface area contributed by atoms with Gasteiger partial charge >= 0.3 is 24.1 Å². The normalized spacial score (nSPS) is 11.6. The number of ether oxygens (including phenoxy) is 4. The highest BCUT2D eigenvalue weighted by Crippen LogP contribution is 2.24. The molecule has 0 aromatic carbocycles. The van der Waals surface area contributed by atoms with Gasteiger partial charge in [0.05, 0.1) is 33.7 Å². The van der Waals surface area contributed by atoms with Crippen LogP contribution < -0.4 is 4.74 Å². The summed E-state index contributed by atoms with van der Waals surface area (Å²) in [6, 6.07) is 0.153. The Morgan fingerprint density at radius 3 is 2.16 bits per heavy atom. The number of hydrogen-bond acceptors (Lipinski definition) is 9.